The fourth-order valence-corrected chi connectivity index (χ4v) is 1.93. The smallest absolute Gasteiger partial charge is 0.0628 e. The third-order valence-corrected chi connectivity index (χ3v) is 2.31. The molecule has 3 atom stereocenters. The second kappa shape index (κ2) is 2.91. The van der Waals surface area contributed by atoms with Crippen LogP contribution in [-0.2, 0) is 4.74 Å². The van der Waals surface area contributed by atoms with Crippen molar-refractivity contribution in [2.75, 3.05) is 0 Å². The van der Waals surface area contributed by atoms with Crippen LogP contribution < -0.4 is 0 Å². The third-order valence-electron chi connectivity index (χ3n) is 2.31. The normalized spacial score (nSPS) is 41.1. The summed E-state index contributed by atoms with van der Waals surface area (Å²) in [5, 5.41) is 0. The first-order chi connectivity index (χ1) is 4.61. The van der Waals surface area contributed by atoms with E-state index in [1.165, 1.54) is 6.42 Å². The van der Waals surface area contributed by atoms with Crippen molar-refractivity contribution < 1.29 is 4.74 Å². The Bertz CT molecular complexity index is 109. The average molecular weight is 142 g/mol. The highest BCUT2D eigenvalue weighted by molar-refractivity contribution is 4.79. The maximum absolute atomic E-state index is 5.73. The Balaban J connectivity index is 2.46. The van der Waals surface area contributed by atoms with E-state index in [4.69, 9.17) is 4.74 Å². The molecule has 3 unspecified atom stereocenters. The minimum absolute atomic E-state index is 0.488. The van der Waals surface area contributed by atoms with Crippen LogP contribution in [0.25, 0.3) is 0 Å². The molecular formula is C9H18O. The second-order valence-electron chi connectivity index (χ2n) is 3.87. The van der Waals surface area contributed by atoms with Gasteiger partial charge in [-0.2, -0.15) is 0 Å². The second-order valence-corrected chi connectivity index (χ2v) is 3.87. The molecule has 0 radical (unpaired) electrons. The Morgan fingerprint density at radius 2 is 1.90 bits per heavy atom. The zero-order valence-electron chi connectivity index (χ0n) is 7.42. The van der Waals surface area contributed by atoms with E-state index in [-0.39, 0.29) is 0 Å². The summed E-state index contributed by atoms with van der Waals surface area (Å²) in [7, 11) is 0. The molecule has 1 rings (SSSR count). The minimum atomic E-state index is 0.488. The zero-order chi connectivity index (χ0) is 7.72. The van der Waals surface area contributed by atoms with Crippen LogP contribution in [0.1, 0.15) is 34.1 Å². The topological polar surface area (TPSA) is 9.23 Å². The fourth-order valence-electron chi connectivity index (χ4n) is 1.93. The van der Waals surface area contributed by atoms with E-state index in [0.717, 1.165) is 5.92 Å². The van der Waals surface area contributed by atoms with Gasteiger partial charge in [-0.25, -0.2) is 0 Å². The highest BCUT2D eigenvalue weighted by Gasteiger charge is 2.31. The van der Waals surface area contributed by atoms with Gasteiger partial charge in [0, 0.05) is 0 Å². The summed E-state index contributed by atoms with van der Waals surface area (Å²) >= 11 is 0. The lowest BCUT2D eigenvalue weighted by Gasteiger charge is -2.18. The van der Waals surface area contributed by atoms with Gasteiger partial charge in [0.15, 0.2) is 0 Å². The molecule has 1 nitrogen and oxygen atoms in total. The molecule has 1 aliphatic rings. The van der Waals surface area contributed by atoms with Crippen molar-refractivity contribution in [3.63, 3.8) is 0 Å². The van der Waals surface area contributed by atoms with Crippen molar-refractivity contribution in [1.82, 2.24) is 0 Å². The van der Waals surface area contributed by atoms with E-state index in [1.807, 2.05) is 0 Å². The van der Waals surface area contributed by atoms with Crippen LogP contribution in [0.3, 0.4) is 0 Å². The van der Waals surface area contributed by atoms with E-state index in [1.54, 1.807) is 0 Å². The lowest BCUT2D eigenvalue weighted by Crippen LogP contribution is -2.20. The molecule has 0 aromatic carbocycles. The maximum atomic E-state index is 5.73. The van der Waals surface area contributed by atoms with Crippen LogP contribution in [0.15, 0.2) is 0 Å². The molecule has 1 aliphatic heterocycles. The van der Waals surface area contributed by atoms with Crippen molar-refractivity contribution in [3.05, 3.63) is 0 Å². The molecule has 0 saturated carbocycles. The average Bonchev–Trinajstić information content (AvgIpc) is 2.10. The molecule has 0 bridgehead atoms. The quantitative estimate of drug-likeness (QED) is 0.546. The summed E-state index contributed by atoms with van der Waals surface area (Å²) in [5.41, 5.74) is 0. The summed E-state index contributed by atoms with van der Waals surface area (Å²) in [4.78, 5) is 0. The summed E-state index contributed by atoms with van der Waals surface area (Å²) in [6, 6.07) is 0. The molecule has 60 valence electrons. The van der Waals surface area contributed by atoms with Gasteiger partial charge >= 0.3 is 0 Å². The van der Waals surface area contributed by atoms with E-state index in [2.05, 4.69) is 27.7 Å². The Morgan fingerprint density at radius 3 is 2.10 bits per heavy atom. The Labute approximate surface area is 63.8 Å². The van der Waals surface area contributed by atoms with E-state index in [0.29, 0.717) is 18.1 Å². The molecule has 0 aliphatic carbocycles. The molecule has 1 heteroatoms. The molecule has 0 aromatic heterocycles. The SMILES string of the molecule is CC1CC(C)C(C(C)C)O1. The molecule has 0 amide bonds. The highest BCUT2D eigenvalue weighted by atomic mass is 16.5. The Hall–Kier alpha value is -0.0400. The van der Waals surface area contributed by atoms with Gasteiger partial charge in [-0.3, -0.25) is 0 Å². The maximum Gasteiger partial charge on any atom is 0.0628 e. The van der Waals surface area contributed by atoms with Gasteiger partial charge in [0.25, 0.3) is 0 Å². The van der Waals surface area contributed by atoms with Crippen LogP contribution in [-0.4, -0.2) is 12.2 Å². The van der Waals surface area contributed by atoms with E-state index >= 15 is 0 Å². The van der Waals surface area contributed by atoms with Gasteiger partial charge in [0.05, 0.1) is 12.2 Å². The lowest BCUT2D eigenvalue weighted by atomic mass is 9.94. The first-order valence-corrected chi connectivity index (χ1v) is 4.26. The van der Waals surface area contributed by atoms with Crippen LogP contribution in [0.2, 0.25) is 0 Å². The monoisotopic (exact) mass is 142 g/mol. The standard InChI is InChI=1S/C9H18O/c1-6(2)9-7(3)5-8(4)10-9/h6-9H,5H2,1-4H3. The van der Waals surface area contributed by atoms with Gasteiger partial charge < -0.3 is 4.74 Å². The van der Waals surface area contributed by atoms with Gasteiger partial charge in [0.2, 0.25) is 0 Å². The predicted molar refractivity (Wildman–Crippen MR) is 43.0 cm³/mol. The molecule has 0 N–H and O–H groups in total. The van der Waals surface area contributed by atoms with Gasteiger partial charge in [-0.1, -0.05) is 20.8 Å². The summed E-state index contributed by atoms with van der Waals surface area (Å²) in [6.07, 6.45) is 2.24. The molecule has 1 heterocycles. The molecular weight excluding hydrogens is 124 g/mol. The van der Waals surface area contributed by atoms with E-state index in [9.17, 15) is 0 Å². The molecule has 0 aromatic rings. The third kappa shape index (κ3) is 1.51. The zero-order valence-corrected chi connectivity index (χ0v) is 7.42. The highest BCUT2D eigenvalue weighted by Crippen LogP contribution is 2.30. The summed E-state index contributed by atoms with van der Waals surface area (Å²) in [5.74, 6) is 1.44. The van der Waals surface area contributed by atoms with Crippen molar-refractivity contribution >= 4 is 0 Å². The Kier molecular flexibility index (Phi) is 2.35. The molecule has 1 saturated heterocycles. The number of hydrogen-bond donors (Lipinski definition) is 0. The predicted octanol–water partition coefficient (Wildman–Crippen LogP) is 2.46. The van der Waals surface area contributed by atoms with Gasteiger partial charge in [-0.05, 0) is 25.2 Å². The van der Waals surface area contributed by atoms with E-state index < -0.39 is 0 Å². The van der Waals surface area contributed by atoms with Gasteiger partial charge in [-0.15, -0.1) is 0 Å². The van der Waals surface area contributed by atoms with Crippen molar-refractivity contribution in [1.29, 1.82) is 0 Å². The molecule has 0 spiro atoms. The minimum Gasteiger partial charge on any atom is -0.375 e. The fraction of sp³-hybridized carbons (Fsp3) is 1.00. The van der Waals surface area contributed by atoms with Crippen LogP contribution in [0.4, 0.5) is 0 Å². The Morgan fingerprint density at radius 1 is 1.30 bits per heavy atom. The van der Waals surface area contributed by atoms with Crippen LogP contribution in [0.5, 0.6) is 0 Å². The lowest BCUT2D eigenvalue weighted by molar-refractivity contribution is 0.0172. The van der Waals surface area contributed by atoms with Crippen LogP contribution >= 0.6 is 0 Å². The van der Waals surface area contributed by atoms with Gasteiger partial charge in [0.1, 0.15) is 0 Å². The van der Waals surface area contributed by atoms with Crippen molar-refractivity contribution in [2.24, 2.45) is 11.8 Å². The molecule has 10 heavy (non-hydrogen) atoms. The molecule has 1 fully saturated rings. The number of rotatable bonds is 1. The summed E-state index contributed by atoms with van der Waals surface area (Å²) in [6.45, 7) is 8.92. The summed E-state index contributed by atoms with van der Waals surface area (Å²) < 4.78 is 5.73. The first kappa shape index (κ1) is 8.06. The van der Waals surface area contributed by atoms with Crippen LogP contribution in [0, 0.1) is 11.8 Å². The number of hydrogen-bond acceptors (Lipinski definition) is 1. The first-order valence-electron chi connectivity index (χ1n) is 4.26. The van der Waals surface area contributed by atoms with Crippen molar-refractivity contribution in [3.8, 4) is 0 Å². The number of ether oxygens (including phenoxy) is 1. The van der Waals surface area contributed by atoms with Crippen molar-refractivity contribution in [2.45, 2.75) is 46.3 Å². The largest absolute Gasteiger partial charge is 0.375 e.